The first-order valence-corrected chi connectivity index (χ1v) is 8.35. The quantitative estimate of drug-likeness (QED) is 0.719. The zero-order valence-electron chi connectivity index (χ0n) is 12.7. The minimum Gasteiger partial charge on any atom is -0.378 e. The van der Waals surface area contributed by atoms with Crippen molar-refractivity contribution >= 4 is 27.1 Å². The van der Waals surface area contributed by atoms with Crippen molar-refractivity contribution < 1.29 is 4.74 Å². The molecule has 3 aromatic rings. The Morgan fingerprint density at radius 2 is 1.96 bits per heavy atom. The fraction of sp³-hybridized carbons (Fsp3) is 0.312. The largest absolute Gasteiger partial charge is 0.378 e. The van der Waals surface area contributed by atoms with Gasteiger partial charge >= 0.3 is 0 Å². The van der Waals surface area contributed by atoms with Crippen molar-refractivity contribution in [1.82, 2.24) is 14.8 Å². The molecule has 7 heteroatoms. The lowest BCUT2D eigenvalue weighted by Gasteiger charge is -2.28. The molecule has 0 N–H and O–H groups in total. The minimum absolute atomic E-state index is 0.0550. The lowest BCUT2D eigenvalue weighted by Crippen LogP contribution is -2.36. The summed E-state index contributed by atoms with van der Waals surface area (Å²) < 4.78 is 7.77. The number of fused-ring (bicyclic) bond motifs is 1. The van der Waals surface area contributed by atoms with Crippen LogP contribution in [0.3, 0.4) is 0 Å². The highest BCUT2D eigenvalue weighted by Crippen LogP contribution is 2.36. The van der Waals surface area contributed by atoms with Crippen molar-refractivity contribution in [2.24, 2.45) is 7.05 Å². The van der Waals surface area contributed by atoms with Crippen molar-refractivity contribution in [2.45, 2.75) is 0 Å². The number of aromatic nitrogens is 3. The van der Waals surface area contributed by atoms with Gasteiger partial charge in [0.1, 0.15) is 5.69 Å². The molecule has 0 aromatic carbocycles. The summed E-state index contributed by atoms with van der Waals surface area (Å²) in [4.78, 5) is 19.0. The number of morpholine rings is 1. The number of pyridine rings is 1. The summed E-state index contributed by atoms with van der Waals surface area (Å²) in [6, 6.07) is 3.83. The number of hydrogen-bond acceptors (Lipinski definition) is 6. The Hall–Kier alpha value is -2.25. The number of anilines is 1. The van der Waals surface area contributed by atoms with E-state index in [0.717, 1.165) is 40.1 Å². The minimum atomic E-state index is -0.0550. The SMILES string of the molecule is Cn1nc(-c2ccncc2)c2scc(N3CCOCC3)c2c1=O. The molecule has 6 nitrogen and oxygen atoms in total. The van der Waals surface area contributed by atoms with Gasteiger partial charge in [-0.15, -0.1) is 11.3 Å². The smallest absolute Gasteiger partial charge is 0.277 e. The van der Waals surface area contributed by atoms with Crippen molar-refractivity contribution in [3.8, 4) is 11.3 Å². The summed E-state index contributed by atoms with van der Waals surface area (Å²) in [6.07, 6.45) is 3.48. The van der Waals surface area contributed by atoms with Crippen LogP contribution in [0.1, 0.15) is 0 Å². The molecule has 1 aliphatic heterocycles. The van der Waals surface area contributed by atoms with E-state index in [1.54, 1.807) is 30.8 Å². The first kappa shape index (κ1) is 14.3. The van der Waals surface area contributed by atoms with Crippen LogP contribution in [0.4, 0.5) is 5.69 Å². The van der Waals surface area contributed by atoms with Crippen LogP contribution in [0.5, 0.6) is 0 Å². The molecule has 23 heavy (non-hydrogen) atoms. The van der Waals surface area contributed by atoms with E-state index in [1.165, 1.54) is 4.68 Å². The van der Waals surface area contributed by atoms with E-state index in [1.807, 2.05) is 12.1 Å². The second-order valence-electron chi connectivity index (χ2n) is 5.44. The third-order valence-corrected chi connectivity index (χ3v) is 5.02. The van der Waals surface area contributed by atoms with Crippen LogP contribution < -0.4 is 10.5 Å². The first-order valence-electron chi connectivity index (χ1n) is 7.47. The van der Waals surface area contributed by atoms with Crippen LogP contribution in [0.2, 0.25) is 0 Å². The summed E-state index contributed by atoms with van der Waals surface area (Å²) in [5.74, 6) is 0. The maximum absolute atomic E-state index is 12.7. The van der Waals surface area contributed by atoms with Crippen LogP contribution in [0.25, 0.3) is 21.3 Å². The average Bonchev–Trinajstić information content (AvgIpc) is 3.05. The molecule has 118 valence electrons. The van der Waals surface area contributed by atoms with Crippen LogP contribution in [-0.2, 0) is 11.8 Å². The van der Waals surface area contributed by atoms with Crippen LogP contribution in [-0.4, -0.2) is 41.1 Å². The van der Waals surface area contributed by atoms with E-state index >= 15 is 0 Å². The molecule has 0 atom stereocenters. The van der Waals surface area contributed by atoms with Gasteiger partial charge in [0.05, 0.1) is 29.0 Å². The second-order valence-corrected chi connectivity index (χ2v) is 6.32. The number of thiophene rings is 1. The number of nitrogens with zero attached hydrogens (tertiary/aromatic N) is 4. The molecule has 3 aromatic heterocycles. The van der Waals surface area contributed by atoms with Crippen molar-refractivity contribution in [3.05, 3.63) is 40.3 Å². The molecule has 0 aliphatic carbocycles. The zero-order valence-corrected chi connectivity index (χ0v) is 13.5. The van der Waals surface area contributed by atoms with Crippen molar-refractivity contribution in [1.29, 1.82) is 0 Å². The monoisotopic (exact) mass is 328 g/mol. The third-order valence-electron chi connectivity index (χ3n) is 4.05. The number of aryl methyl sites for hydroxylation is 1. The molecule has 0 amide bonds. The maximum atomic E-state index is 12.7. The average molecular weight is 328 g/mol. The van der Waals surface area contributed by atoms with Gasteiger partial charge in [-0.2, -0.15) is 5.10 Å². The molecular formula is C16H16N4O2S. The molecule has 1 aliphatic rings. The Morgan fingerprint density at radius 1 is 1.22 bits per heavy atom. The van der Waals surface area contributed by atoms with Crippen LogP contribution >= 0.6 is 11.3 Å². The summed E-state index contributed by atoms with van der Waals surface area (Å²) in [5, 5.41) is 7.28. The Bertz CT molecular complexity index is 898. The topological polar surface area (TPSA) is 60.3 Å². The van der Waals surface area contributed by atoms with E-state index in [0.29, 0.717) is 13.2 Å². The number of ether oxygens (including phenoxy) is 1. The molecule has 4 heterocycles. The van der Waals surface area contributed by atoms with Gasteiger partial charge in [-0.3, -0.25) is 9.78 Å². The van der Waals surface area contributed by atoms with Crippen molar-refractivity contribution in [2.75, 3.05) is 31.2 Å². The molecule has 0 bridgehead atoms. The molecule has 0 radical (unpaired) electrons. The molecular weight excluding hydrogens is 312 g/mol. The molecule has 4 rings (SSSR count). The van der Waals surface area contributed by atoms with E-state index < -0.39 is 0 Å². The van der Waals surface area contributed by atoms with Crippen LogP contribution in [0, 0.1) is 0 Å². The summed E-state index contributed by atoms with van der Waals surface area (Å²) in [7, 11) is 1.70. The van der Waals surface area contributed by atoms with Gasteiger partial charge in [-0.05, 0) is 12.1 Å². The second kappa shape index (κ2) is 5.75. The Kier molecular flexibility index (Phi) is 3.59. The van der Waals surface area contributed by atoms with E-state index in [9.17, 15) is 4.79 Å². The van der Waals surface area contributed by atoms with Gasteiger partial charge in [-0.1, -0.05) is 0 Å². The molecule has 0 unspecified atom stereocenters. The molecule has 0 saturated carbocycles. The standard InChI is InChI=1S/C16H16N4O2S/c1-19-16(21)13-12(20-6-8-22-9-7-20)10-23-15(13)14(18-19)11-2-4-17-5-3-11/h2-5,10H,6-9H2,1H3. The molecule has 1 fully saturated rings. The van der Waals surface area contributed by atoms with Gasteiger partial charge < -0.3 is 9.64 Å². The Labute approximate surface area is 137 Å². The fourth-order valence-electron chi connectivity index (χ4n) is 2.87. The lowest BCUT2D eigenvalue weighted by atomic mass is 10.1. The normalized spacial score (nSPS) is 15.3. The summed E-state index contributed by atoms with van der Waals surface area (Å²) >= 11 is 1.57. The van der Waals surface area contributed by atoms with E-state index in [4.69, 9.17) is 4.74 Å². The Morgan fingerprint density at radius 3 is 2.70 bits per heavy atom. The molecule has 0 spiro atoms. The number of hydrogen-bond donors (Lipinski definition) is 0. The first-order chi connectivity index (χ1) is 11.3. The predicted molar refractivity (Wildman–Crippen MR) is 91.1 cm³/mol. The number of rotatable bonds is 2. The maximum Gasteiger partial charge on any atom is 0.277 e. The Balaban J connectivity index is 1.95. The fourth-order valence-corrected chi connectivity index (χ4v) is 3.94. The summed E-state index contributed by atoms with van der Waals surface area (Å²) in [5.41, 5.74) is 2.73. The summed E-state index contributed by atoms with van der Waals surface area (Å²) in [6.45, 7) is 3.00. The van der Waals surface area contributed by atoms with Gasteiger partial charge in [-0.25, -0.2) is 4.68 Å². The highest BCUT2D eigenvalue weighted by atomic mass is 32.1. The van der Waals surface area contributed by atoms with Gasteiger partial charge in [0.15, 0.2) is 0 Å². The lowest BCUT2D eigenvalue weighted by molar-refractivity contribution is 0.123. The van der Waals surface area contributed by atoms with Crippen molar-refractivity contribution in [3.63, 3.8) is 0 Å². The highest BCUT2D eigenvalue weighted by Gasteiger charge is 2.21. The predicted octanol–water partition coefficient (Wildman–Crippen LogP) is 1.89. The van der Waals surface area contributed by atoms with E-state index in [2.05, 4.69) is 20.4 Å². The van der Waals surface area contributed by atoms with Gasteiger partial charge in [0, 0.05) is 43.5 Å². The van der Waals surface area contributed by atoms with E-state index in [-0.39, 0.29) is 5.56 Å². The molecule has 1 saturated heterocycles. The highest BCUT2D eigenvalue weighted by molar-refractivity contribution is 7.18. The zero-order chi connectivity index (χ0) is 15.8. The van der Waals surface area contributed by atoms with Gasteiger partial charge in [0.25, 0.3) is 5.56 Å². The third kappa shape index (κ3) is 2.42. The van der Waals surface area contributed by atoms with Gasteiger partial charge in [0.2, 0.25) is 0 Å². The van der Waals surface area contributed by atoms with Crippen LogP contribution in [0.15, 0.2) is 34.7 Å².